The minimum absolute atomic E-state index is 0.113. The zero-order valence-corrected chi connectivity index (χ0v) is 18.2. The molecule has 30 heavy (non-hydrogen) atoms. The lowest BCUT2D eigenvalue weighted by molar-refractivity contribution is -0.132. The SMILES string of the molecule is CCC(=O)N1N=C(c2ccc(NS(C)(=O)=O)cc2)CC1c1c(OC)cccc1OC. The number of rotatable bonds is 7. The van der Waals surface area contributed by atoms with E-state index in [0.29, 0.717) is 30.0 Å². The van der Waals surface area contributed by atoms with Crippen LogP contribution >= 0.6 is 0 Å². The van der Waals surface area contributed by atoms with Crippen molar-refractivity contribution in [2.75, 3.05) is 25.2 Å². The number of benzene rings is 2. The van der Waals surface area contributed by atoms with Crippen molar-refractivity contribution < 1.29 is 22.7 Å². The topological polar surface area (TPSA) is 97.3 Å². The van der Waals surface area contributed by atoms with Gasteiger partial charge in [0.15, 0.2) is 0 Å². The molecule has 160 valence electrons. The predicted octanol–water partition coefficient (Wildman–Crippen LogP) is 3.16. The van der Waals surface area contributed by atoms with Crippen LogP contribution in [-0.2, 0) is 14.8 Å². The molecule has 1 heterocycles. The smallest absolute Gasteiger partial charge is 0.242 e. The van der Waals surface area contributed by atoms with Gasteiger partial charge < -0.3 is 9.47 Å². The Morgan fingerprint density at radius 3 is 2.23 bits per heavy atom. The molecule has 0 aliphatic carbocycles. The summed E-state index contributed by atoms with van der Waals surface area (Å²) in [6.45, 7) is 1.79. The van der Waals surface area contributed by atoms with Crippen LogP contribution in [0.15, 0.2) is 47.6 Å². The molecule has 0 bridgehead atoms. The first kappa shape index (κ1) is 21.6. The summed E-state index contributed by atoms with van der Waals surface area (Å²) in [7, 11) is -0.198. The Kier molecular flexibility index (Phi) is 6.31. The van der Waals surface area contributed by atoms with Gasteiger partial charge in [-0.05, 0) is 29.8 Å². The average Bonchev–Trinajstić information content (AvgIpc) is 3.16. The summed E-state index contributed by atoms with van der Waals surface area (Å²) in [4.78, 5) is 12.6. The first-order valence-electron chi connectivity index (χ1n) is 9.46. The molecule has 1 atom stereocenters. The number of hydrogen-bond acceptors (Lipinski definition) is 6. The number of anilines is 1. The first-order chi connectivity index (χ1) is 14.3. The molecule has 0 radical (unpaired) electrons. The van der Waals surface area contributed by atoms with Gasteiger partial charge in [0, 0.05) is 18.5 Å². The van der Waals surface area contributed by atoms with Gasteiger partial charge in [0.1, 0.15) is 11.5 Å². The van der Waals surface area contributed by atoms with Crippen molar-refractivity contribution in [2.24, 2.45) is 5.10 Å². The fourth-order valence-electron chi connectivity index (χ4n) is 3.45. The summed E-state index contributed by atoms with van der Waals surface area (Å²) in [6.07, 6.45) is 1.88. The van der Waals surface area contributed by atoms with Crippen molar-refractivity contribution in [1.29, 1.82) is 0 Å². The zero-order valence-electron chi connectivity index (χ0n) is 17.4. The van der Waals surface area contributed by atoms with Crippen LogP contribution in [0.1, 0.15) is 36.9 Å². The van der Waals surface area contributed by atoms with Crippen LogP contribution in [0, 0.1) is 0 Å². The number of hydrazone groups is 1. The highest BCUT2D eigenvalue weighted by Crippen LogP contribution is 2.42. The fraction of sp³-hybridized carbons (Fsp3) is 0.333. The Balaban J connectivity index is 1.98. The van der Waals surface area contributed by atoms with Crippen molar-refractivity contribution in [2.45, 2.75) is 25.8 Å². The molecule has 1 N–H and O–H groups in total. The molecule has 1 aliphatic rings. The standard InChI is InChI=1S/C21H25N3O5S/c1-5-20(25)24-17(21-18(28-2)7-6-8-19(21)29-3)13-16(22-24)14-9-11-15(12-10-14)23-30(4,26)27/h6-12,17,23H,5,13H2,1-4H3. The maximum Gasteiger partial charge on any atom is 0.242 e. The summed E-state index contributed by atoms with van der Waals surface area (Å²) >= 11 is 0. The number of nitrogens with one attached hydrogen (secondary N) is 1. The number of methoxy groups -OCH3 is 2. The van der Waals surface area contributed by atoms with Gasteiger partial charge in [0.25, 0.3) is 0 Å². The van der Waals surface area contributed by atoms with Crippen LogP contribution in [0.4, 0.5) is 5.69 Å². The van der Waals surface area contributed by atoms with Crippen molar-refractivity contribution >= 4 is 27.3 Å². The zero-order chi connectivity index (χ0) is 21.9. The summed E-state index contributed by atoms with van der Waals surface area (Å²) in [5.74, 6) is 1.13. The second kappa shape index (κ2) is 8.74. The van der Waals surface area contributed by atoms with E-state index in [-0.39, 0.29) is 11.9 Å². The van der Waals surface area contributed by atoms with Gasteiger partial charge in [-0.3, -0.25) is 9.52 Å². The lowest BCUT2D eigenvalue weighted by atomic mass is 9.96. The number of ether oxygens (including phenoxy) is 2. The van der Waals surface area contributed by atoms with Gasteiger partial charge in [-0.15, -0.1) is 0 Å². The van der Waals surface area contributed by atoms with E-state index in [0.717, 1.165) is 23.1 Å². The van der Waals surface area contributed by atoms with Crippen molar-refractivity contribution in [1.82, 2.24) is 5.01 Å². The molecule has 3 rings (SSSR count). The van der Waals surface area contributed by atoms with Crippen molar-refractivity contribution in [3.63, 3.8) is 0 Å². The lowest BCUT2D eigenvalue weighted by Gasteiger charge is -2.25. The van der Waals surface area contributed by atoms with Gasteiger partial charge in [-0.25, -0.2) is 13.4 Å². The van der Waals surface area contributed by atoms with E-state index in [2.05, 4.69) is 9.82 Å². The minimum Gasteiger partial charge on any atom is -0.496 e. The third kappa shape index (κ3) is 4.56. The van der Waals surface area contributed by atoms with Gasteiger partial charge in [-0.2, -0.15) is 5.10 Å². The third-order valence-corrected chi connectivity index (χ3v) is 5.40. The Labute approximate surface area is 176 Å². The molecule has 0 saturated carbocycles. The van der Waals surface area contributed by atoms with Crippen molar-refractivity contribution in [3.8, 4) is 11.5 Å². The Bertz CT molecular complexity index is 1040. The molecule has 0 aromatic heterocycles. The third-order valence-electron chi connectivity index (χ3n) is 4.79. The molecule has 2 aromatic rings. The number of sulfonamides is 1. The van der Waals surface area contributed by atoms with Gasteiger partial charge in [0.05, 0.1) is 37.8 Å². The van der Waals surface area contributed by atoms with E-state index in [9.17, 15) is 13.2 Å². The summed E-state index contributed by atoms with van der Waals surface area (Å²) in [5, 5.41) is 6.08. The molecule has 0 saturated heterocycles. The van der Waals surface area contributed by atoms with E-state index in [1.807, 2.05) is 18.2 Å². The van der Waals surface area contributed by atoms with Crippen LogP contribution in [0.25, 0.3) is 0 Å². The quantitative estimate of drug-likeness (QED) is 0.726. The lowest BCUT2D eigenvalue weighted by Crippen LogP contribution is -2.26. The molecule has 0 spiro atoms. The highest BCUT2D eigenvalue weighted by atomic mass is 32.2. The Hall–Kier alpha value is -3.07. The molecular weight excluding hydrogens is 406 g/mol. The summed E-state index contributed by atoms with van der Waals surface area (Å²) in [6, 6.07) is 12.0. The van der Waals surface area contributed by atoms with Gasteiger partial charge in [-0.1, -0.05) is 25.1 Å². The Morgan fingerprint density at radius 1 is 1.13 bits per heavy atom. The molecule has 9 heteroatoms. The van der Waals surface area contributed by atoms with E-state index in [1.165, 1.54) is 5.01 Å². The first-order valence-corrected chi connectivity index (χ1v) is 11.3. The van der Waals surface area contributed by atoms with Crippen LogP contribution in [0.5, 0.6) is 11.5 Å². The van der Waals surface area contributed by atoms with Crippen LogP contribution in [0.3, 0.4) is 0 Å². The highest BCUT2D eigenvalue weighted by Gasteiger charge is 2.36. The number of carbonyl (C=O) groups is 1. The maximum absolute atomic E-state index is 12.6. The van der Waals surface area contributed by atoms with Gasteiger partial charge >= 0.3 is 0 Å². The fourth-order valence-corrected chi connectivity index (χ4v) is 4.02. The molecule has 8 nitrogen and oxygen atoms in total. The maximum atomic E-state index is 12.6. The number of carbonyl (C=O) groups excluding carboxylic acids is 1. The Morgan fingerprint density at radius 2 is 1.73 bits per heavy atom. The largest absolute Gasteiger partial charge is 0.496 e. The highest BCUT2D eigenvalue weighted by molar-refractivity contribution is 7.92. The molecule has 1 unspecified atom stereocenters. The monoisotopic (exact) mass is 431 g/mol. The average molecular weight is 432 g/mol. The summed E-state index contributed by atoms with van der Waals surface area (Å²) < 4.78 is 36.3. The van der Waals surface area contributed by atoms with Crippen LogP contribution < -0.4 is 14.2 Å². The molecule has 0 fully saturated rings. The number of amides is 1. The molecule has 2 aromatic carbocycles. The summed E-state index contributed by atoms with van der Waals surface area (Å²) in [5.41, 5.74) is 2.75. The molecule has 1 amide bonds. The van der Waals surface area contributed by atoms with Crippen LogP contribution in [0.2, 0.25) is 0 Å². The van der Waals surface area contributed by atoms with Crippen molar-refractivity contribution in [3.05, 3.63) is 53.6 Å². The van der Waals surface area contributed by atoms with E-state index < -0.39 is 10.0 Å². The van der Waals surface area contributed by atoms with E-state index in [1.54, 1.807) is 45.4 Å². The van der Waals surface area contributed by atoms with Crippen LogP contribution in [-0.4, -0.2) is 45.5 Å². The van der Waals surface area contributed by atoms with E-state index in [4.69, 9.17) is 9.47 Å². The predicted molar refractivity (Wildman–Crippen MR) is 115 cm³/mol. The second-order valence-electron chi connectivity index (χ2n) is 6.89. The van der Waals surface area contributed by atoms with E-state index >= 15 is 0 Å². The molecular formula is C21H25N3O5S. The van der Waals surface area contributed by atoms with Gasteiger partial charge in [0.2, 0.25) is 15.9 Å². The number of hydrogen-bond donors (Lipinski definition) is 1. The normalized spacial score (nSPS) is 16.2. The molecule has 1 aliphatic heterocycles. The number of nitrogens with zero attached hydrogens (tertiary/aromatic N) is 2. The minimum atomic E-state index is -3.35. The second-order valence-corrected chi connectivity index (χ2v) is 8.63.